The molecule has 0 spiro atoms. The van der Waals surface area contributed by atoms with Gasteiger partial charge < -0.3 is 10.4 Å². The Balaban J connectivity index is 2.82. The molecule has 0 saturated carbocycles. The number of hydrogen-bond acceptors (Lipinski definition) is 2. The van der Waals surface area contributed by atoms with Gasteiger partial charge in [-0.15, -0.1) is 0 Å². The van der Waals surface area contributed by atoms with Gasteiger partial charge in [0.25, 0.3) is 0 Å². The highest BCUT2D eigenvalue weighted by atomic mass is 79.9. The van der Waals surface area contributed by atoms with E-state index in [4.69, 9.17) is 5.11 Å². The Kier molecular flexibility index (Phi) is 4.96. The first kappa shape index (κ1) is 13.2. The van der Waals surface area contributed by atoms with Crippen LogP contribution in [0.25, 0.3) is 0 Å². The van der Waals surface area contributed by atoms with Crippen LogP contribution in [0.4, 0.5) is 0 Å². The number of carboxylic acids is 1. The standard InChI is InChI=1S/C12H16BrNO2/c1-8(2)14-11(7-12(15)16)9-3-5-10(13)6-4-9/h3-6,8,11,14H,7H2,1-2H3,(H,15,16). The van der Waals surface area contributed by atoms with Crippen molar-refractivity contribution >= 4 is 21.9 Å². The molecule has 1 atom stereocenters. The lowest BCUT2D eigenvalue weighted by molar-refractivity contribution is -0.137. The second-order valence-corrected chi connectivity index (χ2v) is 4.94. The third-order valence-electron chi connectivity index (χ3n) is 2.19. The third kappa shape index (κ3) is 4.33. The second-order valence-electron chi connectivity index (χ2n) is 4.02. The number of carbonyl (C=O) groups is 1. The molecule has 0 aliphatic rings. The summed E-state index contributed by atoms with van der Waals surface area (Å²) in [5.74, 6) is -0.791. The van der Waals surface area contributed by atoms with Gasteiger partial charge in [0.05, 0.1) is 6.42 Å². The zero-order valence-electron chi connectivity index (χ0n) is 9.40. The summed E-state index contributed by atoms with van der Waals surface area (Å²) in [4.78, 5) is 10.8. The summed E-state index contributed by atoms with van der Waals surface area (Å²) in [5.41, 5.74) is 0.999. The van der Waals surface area contributed by atoms with Crippen LogP contribution in [0.5, 0.6) is 0 Å². The average Bonchev–Trinajstić information content (AvgIpc) is 2.16. The first-order chi connectivity index (χ1) is 7.49. The minimum Gasteiger partial charge on any atom is -0.481 e. The SMILES string of the molecule is CC(C)NC(CC(=O)O)c1ccc(Br)cc1. The normalized spacial score (nSPS) is 12.8. The van der Waals surface area contributed by atoms with Crippen molar-refractivity contribution in [1.29, 1.82) is 0 Å². The number of rotatable bonds is 5. The molecule has 0 fully saturated rings. The third-order valence-corrected chi connectivity index (χ3v) is 2.71. The largest absolute Gasteiger partial charge is 0.481 e. The van der Waals surface area contributed by atoms with Crippen molar-refractivity contribution in [2.45, 2.75) is 32.4 Å². The summed E-state index contributed by atoms with van der Waals surface area (Å²) in [7, 11) is 0. The first-order valence-corrected chi connectivity index (χ1v) is 6.01. The molecule has 4 heteroatoms. The van der Waals surface area contributed by atoms with E-state index in [2.05, 4.69) is 21.2 Å². The Morgan fingerprint density at radius 3 is 2.38 bits per heavy atom. The summed E-state index contributed by atoms with van der Waals surface area (Å²) >= 11 is 3.36. The molecule has 0 amide bonds. The lowest BCUT2D eigenvalue weighted by Gasteiger charge is -2.20. The van der Waals surface area contributed by atoms with Gasteiger partial charge in [0, 0.05) is 16.6 Å². The maximum Gasteiger partial charge on any atom is 0.305 e. The van der Waals surface area contributed by atoms with Gasteiger partial charge in [-0.25, -0.2) is 0 Å². The van der Waals surface area contributed by atoms with Gasteiger partial charge in [0.1, 0.15) is 0 Å². The minimum absolute atomic E-state index is 0.0970. The first-order valence-electron chi connectivity index (χ1n) is 5.22. The monoisotopic (exact) mass is 285 g/mol. The van der Waals surface area contributed by atoms with Crippen LogP contribution >= 0.6 is 15.9 Å². The molecule has 0 saturated heterocycles. The van der Waals surface area contributed by atoms with Gasteiger partial charge in [0.15, 0.2) is 0 Å². The highest BCUT2D eigenvalue weighted by Gasteiger charge is 2.15. The molecular weight excluding hydrogens is 270 g/mol. The lowest BCUT2D eigenvalue weighted by atomic mass is 10.0. The molecule has 0 radical (unpaired) electrons. The molecule has 0 bridgehead atoms. The Labute approximate surface area is 104 Å². The summed E-state index contributed by atoms with van der Waals surface area (Å²) in [6.45, 7) is 4.02. The minimum atomic E-state index is -0.791. The van der Waals surface area contributed by atoms with E-state index in [1.54, 1.807) is 0 Å². The molecule has 1 aromatic carbocycles. The van der Waals surface area contributed by atoms with Gasteiger partial charge in [-0.2, -0.15) is 0 Å². The van der Waals surface area contributed by atoms with E-state index in [1.807, 2.05) is 38.1 Å². The molecule has 1 rings (SSSR count). The summed E-state index contributed by atoms with van der Waals surface area (Å²) in [6, 6.07) is 7.84. The number of aliphatic carboxylic acids is 1. The van der Waals surface area contributed by atoms with Crippen LogP contribution in [0.15, 0.2) is 28.7 Å². The number of nitrogens with one attached hydrogen (secondary N) is 1. The van der Waals surface area contributed by atoms with Crippen molar-refractivity contribution in [2.24, 2.45) is 0 Å². The van der Waals surface area contributed by atoms with Crippen molar-refractivity contribution in [3.05, 3.63) is 34.3 Å². The fourth-order valence-electron chi connectivity index (χ4n) is 1.55. The molecular formula is C12H16BrNO2. The zero-order chi connectivity index (χ0) is 12.1. The number of benzene rings is 1. The van der Waals surface area contributed by atoms with Crippen LogP contribution in [0.2, 0.25) is 0 Å². The Morgan fingerprint density at radius 2 is 1.94 bits per heavy atom. The molecule has 16 heavy (non-hydrogen) atoms. The van der Waals surface area contributed by atoms with Crippen LogP contribution in [-0.4, -0.2) is 17.1 Å². The number of carboxylic acid groups (broad SMARTS) is 1. The van der Waals surface area contributed by atoms with Crippen molar-refractivity contribution in [1.82, 2.24) is 5.32 Å². The molecule has 2 N–H and O–H groups in total. The van der Waals surface area contributed by atoms with Crippen molar-refractivity contribution < 1.29 is 9.90 Å². The molecule has 0 aliphatic heterocycles. The van der Waals surface area contributed by atoms with Crippen molar-refractivity contribution in [2.75, 3.05) is 0 Å². The molecule has 0 aliphatic carbocycles. The van der Waals surface area contributed by atoms with Crippen molar-refractivity contribution in [3.63, 3.8) is 0 Å². The summed E-state index contributed by atoms with van der Waals surface area (Å²) < 4.78 is 0.995. The molecule has 0 aromatic heterocycles. The van der Waals surface area contributed by atoms with Crippen molar-refractivity contribution in [3.8, 4) is 0 Å². The molecule has 3 nitrogen and oxygen atoms in total. The molecule has 88 valence electrons. The van der Waals surface area contributed by atoms with Gasteiger partial charge in [-0.1, -0.05) is 41.9 Å². The Morgan fingerprint density at radius 1 is 1.38 bits per heavy atom. The van der Waals surface area contributed by atoms with Gasteiger partial charge in [-0.05, 0) is 17.7 Å². The molecule has 1 aromatic rings. The van der Waals surface area contributed by atoms with E-state index in [0.29, 0.717) is 0 Å². The van der Waals surface area contributed by atoms with Crippen LogP contribution in [-0.2, 0) is 4.79 Å². The van der Waals surface area contributed by atoms with E-state index in [1.165, 1.54) is 0 Å². The second kappa shape index (κ2) is 6.01. The lowest BCUT2D eigenvalue weighted by Crippen LogP contribution is -2.29. The van der Waals surface area contributed by atoms with Crippen LogP contribution in [0, 0.1) is 0 Å². The van der Waals surface area contributed by atoms with Crippen LogP contribution < -0.4 is 5.32 Å². The average molecular weight is 286 g/mol. The number of halogens is 1. The fourth-order valence-corrected chi connectivity index (χ4v) is 1.81. The van der Waals surface area contributed by atoms with E-state index in [-0.39, 0.29) is 18.5 Å². The van der Waals surface area contributed by atoms with Gasteiger partial charge in [-0.3, -0.25) is 4.79 Å². The predicted octanol–water partition coefficient (Wildman–Crippen LogP) is 2.96. The predicted molar refractivity (Wildman–Crippen MR) is 67.4 cm³/mol. The Bertz CT molecular complexity index is 349. The van der Waals surface area contributed by atoms with E-state index in [9.17, 15) is 4.79 Å². The smallest absolute Gasteiger partial charge is 0.305 e. The van der Waals surface area contributed by atoms with E-state index < -0.39 is 5.97 Å². The highest BCUT2D eigenvalue weighted by Crippen LogP contribution is 2.20. The van der Waals surface area contributed by atoms with E-state index >= 15 is 0 Å². The topological polar surface area (TPSA) is 49.3 Å². The van der Waals surface area contributed by atoms with Crippen LogP contribution in [0.1, 0.15) is 31.9 Å². The van der Waals surface area contributed by atoms with E-state index in [0.717, 1.165) is 10.0 Å². The molecule has 1 unspecified atom stereocenters. The van der Waals surface area contributed by atoms with Gasteiger partial charge in [0.2, 0.25) is 0 Å². The quantitative estimate of drug-likeness (QED) is 0.875. The highest BCUT2D eigenvalue weighted by molar-refractivity contribution is 9.10. The maximum atomic E-state index is 10.8. The summed E-state index contributed by atoms with van der Waals surface area (Å²) in [6.07, 6.45) is 0.0970. The van der Waals surface area contributed by atoms with Crippen LogP contribution in [0.3, 0.4) is 0 Å². The fraction of sp³-hybridized carbons (Fsp3) is 0.417. The Hall–Kier alpha value is -0.870. The zero-order valence-corrected chi connectivity index (χ0v) is 11.0. The number of hydrogen-bond donors (Lipinski definition) is 2. The van der Waals surface area contributed by atoms with Gasteiger partial charge >= 0.3 is 5.97 Å². The maximum absolute atomic E-state index is 10.8. The summed E-state index contributed by atoms with van der Waals surface area (Å²) in [5, 5.41) is 12.1. The molecule has 0 heterocycles.